The minimum Gasteiger partial charge on any atom is -0.497 e. The molecule has 2 aliphatic heterocycles. The fourth-order valence-corrected chi connectivity index (χ4v) is 3.38. The topological polar surface area (TPSA) is 60.4 Å². The predicted molar refractivity (Wildman–Crippen MR) is 97.8 cm³/mol. The summed E-state index contributed by atoms with van der Waals surface area (Å²) in [6.07, 6.45) is 0.520. The molecule has 4 rings (SSSR count). The van der Waals surface area contributed by atoms with Crippen LogP contribution in [0.15, 0.2) is 53.5 Å². The molecule has 2 atom stereocenters. The van der Waals surface area contributed by atoms with Crippen molar-refractivity contribution in [3.8, 4) is 11.5 Å². The van der Waals surface area contributed by atoms with Crippen LogP contribution in [-0.2, 0) is 9.53 Å². The number of nitrogens with zero attached hydrogens (tertiary/aromatic N) is 2. The van der Waals surface area contributed by atoms with E-state index in [0.717, 1.165) is 22.7 Å². The quantitative estimate of drug-likeness (QED) is 0.790. The first-order chi connectivity index (χ1) is 12.7. The number of esters is 1. The summed E-state index contributed by atoms with van der Waals surface area (Å²) in [4.78, 5) is 18.9. The molecule has 0 N–H and O–H groups in total. The molecule has 2 aromatic carbocycles. The van der Waals surface area contributed by atoms with E-state index in [0.29, 0.717) is 19.0 Å². The number of aliphatic imine (C=N–C) groups is 1. The van der Waals surface area contributed by atoms with Crippen LogP contribution < -0.4 is 14.4 Å². The van der Waals surface area contributed by atoms with Crippen LogP contribution in [0.4, 0.5) is 5.69 Å². The monoisotopic (exact) mass is 352 g/mol. The number of benzene rings is 2. The standard InChI is InChI=1S/C20H20N2O4/c1-3-25-19(23)15-12-17(13-8-10-14(24-2)11-9-13)22-16-6-4-5-7-18(16)26-20(22)21-15/h4-11,15,17H,3,12H2,1-2H3/t15-,17+/m1/s1. The van der Waals surface area contributed by atoms with Gasteiger partial charge >= 0.3 is 5.97 Å². The Balaban J connectivity index is 1.75. The second-order valence-electron chi connectivity index (χ2n) is 6.14. The Morgan fingerprint density at radius 2 is 2.00 bits per heavy atom. The van der Waals surface area contributed by atoms with Gasteiger partial charge in [0.25, 0.3) is 6.02 Å². The van der Waals surface area contributed by atoms with Gasteiger partial charge < -0.3 is 14.2 Å². The number of hydrogen-bond donors (Lipinski definition) is 0. The van der Waals surface area contributed by atoms with Crippen LogP contribution in [-0.4, -0.2) is 31.7 Å². The molecule has 0 aliphatic carbocycles. The highest BCUT2D eigenvalue weighted by Crippen LogP contribution is 2.44. The van der Waals surface area contributed by atoms with Gasteiger partial charge in [-0.15, -0.1) is 0 Å². The first kappa shape index (κ1) is 16.4. The summed E-state index contributed by atoms with van der Waals surface area (Å²) in [5.41, 5.74) is 2.02. The number of carbonyl (C=O) groups excluding carboxylic acids is 1. The first-order valence-corrected chi connectivity index (χ1v) is 8.65. The zero-order valence-electron chi connectivity index (χ0n) is 14.7. The van der Waals surface area contributed by atoms with Gasteiger partial charge in [-0.05, 0) is 36.8 Å². The van der Waals surface area contributed by atoms with E-state index in [4.69, 9.17) is 14.2 Å². The molecule has 26 heavy (non-hydrogen) atoms. The van der Waals surface area contributed by atoms with Crippen molar-refractivity contribution in [3.05, 3.63) is 54.1 Å². The van der Waals surface area contributed by atoms with Gasteiger partial charge in [0.2, 0.25) is 0 Å². The van der Waals surface area contributed by atoms with Gasteiger partial charge in [0.15, 0.2) is 11.8 Å². The average Bonchev–Trinajstić information content (AvgIpc) is 3.06. The second-order valence-corrected chi connectivity index (χ2v) is 6.14. The van der Waals surface area contributed by atoms with Crippen molar-refractivity contribution in [1.29, 1.82) is 0 Å². The predicted octanol–water partition coefficient (Wildman–Crippen LogP) is 3.33. The molecule has 2 aliphatic rings. The fourth-order valence-electron chi connectivity index (χ4n) is 3.38. The molecule has 6 nitrogen and oxygen atoms in total. The molecule has 0 radical (unpaired) electrons. The number of rotatable bonds is 4. The third-order valence-corrected chi connectivity index (χ3v) is 4.62. The van der Waals surface area contributed by atoms with Gasteiger partial charge in [-0.3, -0.25) is 4.90 Å². The Bertz CT molecular complexity index is 847. The van der Waals surface area contributed by atoms with Crippen molar-refractivity contribution in [3.63, 3.8) is 0 Å². The molecule has 0 spiro atoms. The highest BCUT2D eigenvalue weighted by molar-refractivity contribution is 6.02. The number of para-hydroxylation sites is 2. The molecule has 6 heteroatoms. The van der Waals surface area contributed by atoms with Crippen LogP contribution >= 0.6 is 0 Å². The van der Waals surface area contributed by atoms with Crippen LogP contribution in [0.2, 0.25) is 0 Å². The lowest BCUT2D eigenvalue weighted by atomic mass is 9.96. The Labute approximate surface area is 152 Å². The molecule has 0 unspecified atom stereocenters. The number of ether oxygens (including phenoxy) is 3. The maximum Gasteiger partial charge on any atom is 0.331 e. The van der Waals surface area contributed by atoms with Crippen LogP contribution in [0.5, 0.6) is 11.5 Å². The average molecular weight is 352 g/mol. The third kappa shape index (κ3) is 2.77. The van der Waals surface area contributed by atoms with E-state index in [-0.39, 0.29) is 12.0 Å². The smallest absolute Gasteiger partial charge is 0.331 e. The zero-order chi connectivity index (χ0) is 18.1. The lowest BCUT2D eigenvalue weighted by Crippen LogP contribution is -2.43. The number of carbonyl (C=O) groups is 1. The zero-order valence-corrected chi connectivity index (χ0v) is 14.7. The third-order valence-electron chi connectivity index (χ3n) is 4.62. The molecule has 0 fully saturated rings. The Kier molecular flexibility index (Phi) is 4.24. The van der Waals surface area contributed by atoms with Crippen LogP contribution in [0.1, 0.15) is 24.9 Å². The molecule has 2 heterocycles. The second kappa shape index (κ2) is 6.71. The number of hydrogen-bond acceptors (Lipinski definition) is 6. The number of fused-ring (bicyclic) bond motifs is 3. The van der Waals surface area contributed by atoms with Crippen molar-refractivity contribution in [2.24, 2.45) is 4.99 Å². The molecule has 0 amide bonds. The summed E-state index contributed by atoms with van der Waals surface area (Å²) in [6.45, 7) is 2.13. The summed E-state index contributed by atoms with van der Waals surface area (Å²) in [7, 11) is 1.64. The molecular formula is C20H20N2O4. The van der Waals surface area contributed by atoms with Crippen molar-refractivity contribution in [2.75, 3.05) is 18.6 Å². The molecular weight excluding hydrogens is 332 g/mol. The molecule has 2 aromatic rings. The highest BCUT2D eigenvalue weighted by Gasteiger charge is 2.42. The first-order valence-electron chi connectivity index (χ1n) is 8.65. The van der Waals surface area contributed by atoms with Crippen LogP contribution in [0.25, 0.3) is 0 Å². The van der Waals surface area contributed by atoms with E-state index in [1.54, 1.807) is 14.0 Å². The van der Waals surface area contributed by atoms with E-state index in [9.17, 15) is 4.79 Å². The SMILES string of the molecule is CCOC(=O)[C@H]1C[C@@H](c2ccc(OC)cc2)N2C(=N1)Oc1ccccc12. The van der Waals surface area contributed by atoms with Crippen molar-refractivity contribution < 1.29 is 19.0 Å². The maximum absolute atomic E-state index is 12.3. The normalized spacial score (nSPS) is 20.5. The summed E-state index contributed by atoms with van der Waals surface area (Å²) < 4.78 is 16.4. The van der Waals surface area contributed by atoms with Gasteiger partial charge in [-0.2, -0.15) is 0 Å². The minimum absolute atomic E-state index is 0.0773. The van der Waals surface area contributed by atoms with Gasteiger partial charge in [0.1, 0.15) is 5.75 Å². The summed E-state index contributed by atoms with van der Waals surface area (Å²) in [6, 6.07) is 15.4. The van der Waals surface area contributed by atoms with Crippen LogP contribution in [0.3, 0.4) is 0 Å². The van der Waals surface area contributed by atoms with E-state index in [2.05, 4.69) is 4.99 Å². The molecule has 0 saturated carbocycles. The molecule has 134 valence electrons. The molecule has 0 saturated heterocycles. The van der Waals surface area contributed by atoms with E-state index >= 15 is 0 Å². The van der Waals surface area contributed by atoms with Gasteiger partial charge in [0.05, 0.1) is 25.4 Å². The van der Waals surface area contributed by atoms with E-state index in [1.165, 1.54) is 0 Å². The van der Waals surface area contributed by atoms with E-state index in [1.807, 2.05) is 53.4 Å². The van der Waals surface area contributed by atoms with Gasteiger partial charge in [0, 0.05) is 6.42 Å². The largest absolute Gasteiger partial charge is 0.497 e. The fraction of sp³-hybridized carbons (Fsp3) is 0.300. The van der Waals surface area contributed by atoms with Gasteiger partial charge in [-0.25, -0.2) is 9.79 Å². The lowest BCUT2D eigenvalue weighted by Gasteiger charge is -2.34. The van der Waals surface area contributed by atoms with Gasteiger partial charge in [-0.1, -0.05) is 24.3 Å². The van der Waals surface area contributed by atoms with E-state index < -0.39 is 6.04 Å². The summed E-state index contributed by atoms with van der Waals surface area (Å²) >= 11 is 0. The van der Waals surface area contributed by atoms with Crippen molar-refractivity contribution in [2.45, 2.75) is 25.4 Å². The maximum atomic E-state index is 12.3. The minimum atomic E-state index is -0.581. The number of anilines is 1. The Morgan fingerprint density at radius 3 is 2.73 bits per heavy atom. The number of methoxy groups -OCH3 is 1. The molecule has 0 bridgehead atoms. The molecule has 0 aromatic heterocycles. The number of amidine groups is 1. The Hall–Kier alpha value is -3.02. The lowest BCUT2D eigenvalue weighted by molar-refractivity contribution is -0.145. The van der Waals surface area contributed by atoms with Crippen LogP contribution in [0, 0.1) is 0 Å². The summed E-state index contributed by atoms with van der Waals surface area (Å²) in [5, 5.41) is 0. The van der Waals surface area contributed by atoms with Crippen molar-refractivity contribution >= 4 is 17.7 Å². The summed E-state index contributed by atoms with van der Waals surface area (Å²) in [5.74, 6) is 1.21. The highest BCUT2D eigenvalue weighted by atomic mass is 16.5. The Morgan fingerprint density at radius 1 is 1.23 bits per heavy atom. The van der Waals surface area contributed by atoms with Crippen molar-refractivity contribution in [1.82, 2.24) is 0 Å².